The number of carbonyl (C=O) groups excluding carboxylic acids is 2. The smallest absolute Gasteiger partial charge is 0.254 e. The van der Waals surface area contributed by atoms with Gasteiger partial charge in [0.05, 0.1) is 11.7 Å². The fraction of sp³-hybridized carbons (Fsp3) is 0.300. The summed E-state index contributed by atoms with van der Waals surface area (Å²) in [5, 5.41) is 9.65. The first-order valence-electron chi connectivity index (χ1n) is 8.15. The molecular formula is C20H21NO3. The van der Waals surface area contributed by atoms with E-state index in [4.69, 9.17) is 0 Å². The third-order valence-corrected chi connectivity index (χ3v) is 4.62. The zero-order chi connectivity index (χ0) is 17.3. The number of nitrogens with zero attached hydrogens (tertiary/aromatic N) is 1. The minimum absolute atomic E-state index is 0.151. The molecule has 1 aliphatic rings. The van der Waals surface area contributed by atoms with Gasteiger partial charge in [-0.1, -0.05) is 30.3 Å². The van der Waals surface area contributed by atoms with Gasteiger partial charge < -0.3 is 10.0 Å². The average Bonchev–Trinajstić information content (AvgIpc) is 3.02. The lowest BCUT2D eigenvalue weighted by Gasteiger charge is -2.17. The standard InChI is InChI=1S/C20H21NO3/c1-13-7-8-15(11-14(13)2)19(23)17-5-3-4-6-18(17)20(24)21-10-9-16(22)12-21/h3-8,11,16,22H,9-10,12H2,1-2H3/t16-/m1/s1. The van der Waals surface area contributed by atoms with E-state index in [1.807, 2.05) is 26.0 Å². The van der Waals surface area contributed by atoms with Crippen LogP contribution in [0.2, 0.25) is 0 Å². The molecule has 3 rings (SSSR count). The molecule has 2 aromatic rings. The molecule has 0 spiro atoms. The zero-order valence-electron chi connectivity index (χ0n) is 14.0. The summed E-state index contributed by atoms with van der Waals surface area (Å²) in [7, 11) is 0. The molecule has 1 atom stereocenters. The second-order valence-corrected chi connectivity index (χ2v) is 6.37. The zero-order valence-corrected chi connectivity index (χ0v) is 14.0. The predicted molar refractivity (Wildman–Crippen MR) is 92.3 cm³/mol. The molecule has 124 valence electrons. The Balaban J connectivity index is 1.95. The third kappa shape index (κ3) is 3.10. The van der Waals surface area contributed by atoms with Crippen molar-refractivity contribution in [3.63, 3.8) is 0 Å². The van der Waals surface area contributed by atoms with Crippen molar-refractivity contribution in [1.82, 2.24) is 4.90 Å². The van der Waals surface area contributed by atoms with Crippen LogP contribution in [0.25, 0.3) is 0 Å². The average molecular weight is 323 g/mol. The largest absolute Gasteiger partial charge is 0.391 e. The number of rotatable bonds is 3. The summed E-state index contributed by atoms with van der Waals surface area (Å²) in [6.45, 7) is 4.81. The van der Waals surface area contributed by atoms with E-state index in [0.29, 0.717) is 36.2 Å². The maximum atomic E-state index is 12.9. The van der Waals surface area contributed by atoms with E-state index in [2.05, 4.69) is 0 Å². The number of likely N-dealkylation sites (tertiary alicyclic amines) is 1. The molecule has 24 heavy (non-hydrogen) atoms. The maximum absolute atomic E-state index is 12.9. The topological polar surface area (TPSA) is 57.6 Å². The highest BCUT2D eigenvalue weighted by atomic mass is 16.3. The molecule has 0 aliphatic carbocycles. The summed E-state index contributed by atoms with van der Waals surface area (Å²) in [5.41, 5.74) is 3.57. The SMILES string of the molecule is Cc1ccc(C(=O)c2ccccc2C(=O)N2CC[C@@H](O)C2)cc1C. The quantitative estimate of drug-likeness (QED) is 0.884. The van der Waals surface area contributed by atoms with Crippen molar-refractivity contribution in [1.29, 1.82) is 0 Å². The van der Waals surface area contributed by atoms with E-state index >= 15 is 0 Å². The van der Waals surface area contributed by atoms with Crippen LogP contribution in [0.1, 0.15) is 43.8 Å². The fourth-order valence-corrected chi connectivity index (χ4v) is 3.00. The highest BCUT2D eigenvalue weighted by molar-refractivity contribution is 6.15. The normalized spacial score (nSPS) is 17.1. The lowest BCUT2D eigenvalue weighted by molar-refractivity contribution is 0.0761. The first-order chi connectivity index (χ1) is 11.5. The Kier molecular flexibility index (Phi) is 4.49. The molecule has 1 fully saturated rings. The monoisotopic (exact) mass is 323 g/mol. The summed E-state index contributed by atoms with van der Waals surface area (Å²) in [6, 6.07) is 12.5. The van der Waals surface area contributed by atoms with Crippen LogP contribution in [0, 0.1) is 13.8 Å². The van der Waals surface area contributed by atoms with Crippen molar-refractivity contribution in [3.05, 3.63) is 70.3 Å². The van der Waals surface area contributed by atoms with Gasteiger partial charge in [0.2, 0.25) is 0 Å². The molecule has 0 radical (unpaired) electrons. The first kappa shape index (κ1) is 16.4. The second kappa shape index (κ2) is 6.57. The number of aliphatic hydroxyl groups is 1. The van der Waals surface area contributed by atoms with Crippen LogP contribution in [0.4, 0.5) is 0 Å². The number of aryl methyl sites for hydroxylation is 2. The van der Waals surface area contributed by atoms with Crippen LogP contribution in [-0.4, -0.2) is 40.9 Å². The molecule has 0 saturated carbocycles. The maximum Gasteiger partial charge on any atom is 0.254 e. The molecule has 1 aliphatic heterocycles. The minimum atomic E-state index is -0.475. The fourth-order valence-electron chi connectivity index (χ4n) is 3.00. The van der Waals surface area contributed by atoms with E-state index in [0.717, 1.165) is 11.1 Å². The Morgan fingerprint density at radius 1 is 1.04 bits per heavy atom. The molecule has 1 amide bonds. The van der Waals surface area contributed by atoms with Gasteiger partial charge in [0.15, 0.2) is 5.78 Å². The summed E-state index contributed by atoms with van der Waals surface area (Å²) < 4.78 is 0. The summed E-state index contributed by atoms with van der Waals surface area (Å²) in [5.74, 6) is -0.346. The Hall–Kier alpha value is -2.46. The van der Waals surface area contributed by atoms with Gasteiger partial charge in [0, 0.05) is 24.2 Å². The predicted octanol–water partition coefficient (Wildman–Crippen LogP) is 2.74. The number of benzene rings is 2. The number of ketones is 1. The van der Waals surface area contributed by atoms with Gasteiger partial charge in [-0.2, -0.15) is 0 Å². The lowest BCUT2D eigenvalue weighted by Crippen LogP contribution is -2.30. The van der Waals surface area contributed by atoms with Crippen molar-refractivity contribution >= 4 is 11.7 Å². The van der Waals surface area contributed by atoms with Crippen molar-refractivity contribution in [2.45, 2.75) is 26.4 Å². The van der Waals surface area contributed by atoms with Crippen molar-refractivity contribution in [3.8, 4) is 0 Å². The van der Waals surface area contributed by atoms with Crippen molar-refractivity contribution in [2.75, 3.05) is 13.1 Å². The van der Waals surface area contributed by atoms with Gasteiger partial charge in [-0.3, -0.25) is 9.59 Å². The Morgan fingerprint density at radius 3 is 2.38 bits per heavy atom. The van der Waals surface area contributed by atoms with Crippen LogP contribution in [0.5, 0.6) is 0 Å². The van der Waals surface area contributed by atoms with E-state index in [9.17, 15) is 14.7 Å². The third-order valence-electron chi connectivity index (χ3n) is 4.62. The minimum Gasteiger partial charge on any atom is -0.391 e. The van der Waals surface area contributed by atoms with E-state index < -0.39 is 6.10 Å². The van der Waals surface area contributed by atoms with Crippen LogP contribution in [-0.2, 0) is 0 Å². The number of hydrogen-bond donors (Lipinski definition) is 1. The van der Waals surface area contributed by atoms with Crippen LogP contribution >= 0.6 is 0 Å². The van der Waals surface area contributed by atoms with Gasteiger partial charge in [-0.25, -0.2) is 0 Å². The number of carbonyl (C=O) groups is 2. The highest BCUT2D eigenvalue weighted by Gasteiger charge is 2.28. The van der Waals surface area contributed by atoms with Gasteiger partial charge in [0.25, 0.3) is 5.91 Å². The van der Waals surface area contributed by atoms with Crippen LogP contribution in [0.15, 0.2) is 42.5 Å². The van der Waals surface area contributed by atoms with Crippen molar-refractivity contribution in [2.24, 2.45) is 0 Å². The summed E-state index contributed by atoms with van der Waals surface area (Å²) >= 11 is 0. The molecule has 1 heterocycles. The molecule has 4 nitrogen and oxygen atoms in total. The van der Waals surface area contributed by atoms with Crippen molar-refractivity contribution < 1.29 is 14.7 Å². The van der Waals surface area contributed by atoms with E-state index in [1.54, 1.807) is 35.2 Å². The van der Waals surface area contributed by atoms with E-state index in [1.165, 1.54) is 0 Å². The van der Waals surface area contributed by atoms with Gasteiger partial charge >= 0.3 is 0 Å². The summed E-state index contributed by atoms with van der Waals surface area (Å²) in [4.78, 5) is 27.2. The molecule has 0 aromatic heterocycles. The van der Waals surface area contributed by atoms with Crippen LogP contribution in [0.3, 0.4) is 0 Å². The Morgan fingerprint density at radius 2 is 1.75 bits per heavy atom. The van der Waals surface area contributed by atoms with E-state index in [-0.39, 0.29) is 11.7 Å². The Labute approximate surface area is 141 Å². The second-order valence-electron chi connectivity index (χ2n) is 6.37. The highest BCUT2D eigenvalue weighted by Crippen LogP contribution is 2.20. The lowest BCUT2D eigenvalue weighted by atomic mass is 9.95. The Bertz CT molecular complexity index is 797. The van der Waals surface area contributed by atoms with Gasteiger partial charge in [-0.15, -0.1) is 0 Å². The van der Waals surface area contributed by atoms with Crippen LogP contribution < -0.4 is 0 Å². The molecule has 0 bridgehead atoms. The molecule has 0 unspecified atom stereocenters. The molecule has 1 N–H and O–H groups in total. The molecule has 4 heteroatoms. The van der Waals surface area contributed by atoms with Gasteiger partial charge in [0.1, 0.15) is 0 Å². The first-order valence-corrected chi connectivity index (χ1v) is 8.15. The number of hydrogen-bond acceptors (Lipinski definition) is 3. The molecule has 2 aromatic carbocycles. The number of aliphatic hydroxyl groups excluding tert-OH is 1. The molecule has 1 saturated heterocycles. The number of amides is 1. The summed E-state index contributed by atoms with van der Waals surface area (Å²) in [6.07, 6.45) is 0.107. The number of β-amino-alcohol motifs (C(OH)–C–C–N with tert-alkyl or cyclic N) is 1. The van der Waals surface area contributed by atoms with Gasteiger partial charge in [-0.05, 0) is 43.5 Å². The molecular weight excluding hydrogens is 302 g/mol.